The van der Waals surface area contributed by atoms with E-state index in [-0.39, 0.29) is 18.2 Å². The average molecular weight is 270 g/mol. The number of carbonyl (C=O) groups excluding carboxylic acids is 2. The molecule has 0 aliphatic heterocycles. The van der Waals surface area contributed by atoms with Crippen LogP contribution in [0.4, 0.5) is 0 Å². The van der Waals surface area contributed by atoms with Crippen LogP contribution >= 0.6 is 0 Å². The summed E-state index contributed by atoms with van der Waals surface area (Å²) >= 11 is 0. The van der Waals surface area contributed by atoms with E-state index in [0.717, 1.165) is 19.3 Å². The largest absolute Gasteiger partial charge is 0.389 e. The summed E-state index contributed by atoms with van der Waals surface area (Å²) in [7, 11) is 3.32. The summed E-state index contributed by atoms with van der Waals surface area (Å²) in [5, 5.41) is 13.0. The Kier molecular flexibility index (Phi) is 4.96. The van der Waals surface area contributed by atoms with Gasteiger partial charge in [0.05, 0.1) is 12.0 Å². The van der Waals surface area contributed by atoms with Crippen LogP contribution in [0.2, 0.25) is 0 Å². The van der Waals surface area contributed by atoms with Gasteiger partial charge in [-0.2, -0.15) is 0 Å². The van der Waals surface area contributed by atoms with Gasteiger partial charge in [-0.1, -0.05) is 19.3 Å². The Morgan fingerprint density at radius 3 is 2.21 bits per heavy atom. The van der Waals surface area contributed by atoms with Crippen molar-refractivity contribution in [2.45, 2.75) is 63.5 Å². The SMILES string of the molecule is CN(C)C(=O)C(C)(C)NC(=O)CC1(O)CCCCC1. The summed E-state index contributed by atoms with van der Waals surface area (Å²) in [6, 6.07) is 0. The molecular weight excluding hydrogens is 244 g/mol. The molecule has 0 aromatic carbocycles. The molecule has 110 valence electrons. The highest BCUT2D eigenvalue weighted by Crippen LogP contribution is 2.30. The molecular formula is C14H26N2O3. The zero-order valence-electron chi connectivity index (χ0n) is 12.5. The molecule has 1 fully saturated rings. The van der Waals surface area contributed by atoms with Crippen LogP contribution in [0, 0.1) is 0 Å². The summed E-state index contributed by atoms with van der Waals surface area (Å²) in [4.78, 5) is 25.4. The van der Waals surface area contributed by atoms with Crippen LogP contribution in [0.3, 0.4) is 0 Å². The third-order valence-electron chi connectivity index (χ3n) is 3.67. The van der Waals surface area contributed by atoms with Crippen molar-refractivity contribution in [2.75, 3.05) is 14.1 Å². The van der Waals surface area contributed by atoms with Gasteiger partial charge >= 0.3 is 0 Å². The zero-order valence-corrected chi connectivity index (χ0v) is 12.5. The summed E-state index contributed by atoms with van der Waals surface area (Å²) < 4.78 is 0. The fourth-order valence-electron chi connectivity index (χ4n) is 2.69. The second kappa shape index (κ2) is 5.90. The number of hydrogen-bond acceptors (Lipinski definition) is 3. The summed E-state index contributed by atoms with van der Waals surface area (Å²) in [6.45, 7) is 3.36. The van der Waals surface area contributed by atoms with E-state index >= 15 is 0 Å². The number of nitrogens with zero attached hydrogens (tertiary/aromatic N) is 1. The Labute approximate surface area is 115 Å². The number of nitrogens with one attached hydrogen (secondary N) is 1. The molecule has 5 heteroatoms. The van der Waals surface area contributed by atoms with Crippen molar-refractivity contribution in [1.29, 1.82) is 0 Å². The van der Waals surface area contributed by atoms with Crippen LogP contribution in [0.5, 0.6) is 0 Å². The Hall–Kier alpha value is -1.10. The average Bonchev–Trinajstić information content (AvgIpc) is 2.26. The highest BCUT2D eigenvalue weighted by molar-refractivity contribution is 5.90. The standard InChI is InChI=1S/C14H26N2O3/c1-13(2,12(18)16(3)4)15-11(17)10-14(19)8-6-5-7-9-14/h19H,5-10H2,1-4H3,(H,15,17). The molecule has 0 spiro atoms. The van der Waals surface area contributed by atoms with Crippen LogP contribution in [-0.2, 0) is 9.59 Å². The van der Waals surface area contributed by atoms with Crippen LogP contribution in [-0.4, -0.2) is 47.1 Å². The molecule has 0 unspecified atom stereocenters. The van der Waals surface area contributed by atoms with Crippen LogP contribution in [0.15, 0.2) is 0 Å². The predicted molar refractivity (Wildman–Crippen MR) is 73.6 cm³/mol. The second-order valence-corrected chi connectivity index (χ2v) is 6.33. The predicted octanol–water partition coefficient (Wildman–Crippen LogP) is 1.05. The normalized spacial score (nSPS) is 18.8. The van der Waals surface area contributed by atoms with Gasteiger partial charge in [0, 0.05) is 14.1 Å². The summed E-state index contributed by atoms with van der Waals surface area (Å²) in [5.41, 5.74) is -1.83. The maximum absolute atomic E-state index is 12.0. The van der Waals surface area contributed by atoms with E-state index in [1.165, 1.54) is 4.90 Å². The zero-order chi connectivity index (χ0) is 14.7. The van der Waals surface area contributed by atoms with Crippen LogP contribution in [0.1, 0.15) is 52.4 Å². The van der Waals surface area contributed by atoms with Crippen molar-refractivity contribution < 1.29 is 14.7 Å². The Bertz CT molecular complexity index is 345. The Morgan fingerprint density at radius 1 is 1.21 bits per heavy atom. The van der Waals surface area contributed by atoms with Gasteiger partial charge in [-0.3, -0.25) is 9.59 Å². The second-order valence-electron chi connectivity index (χ2n) is 6.33. The quantitative estimate of drug-likeness (QED) is 0.802. The van der Waals surface area contributed by atoms with Crippen molar-refractivity contribution in [2.24, 2.45) is 0 Å². The van der Waals surface area contributed by atoms with E-state index in [1.54, 1.807) is 27.9 Å². The molecule has 1 aliphatic rings. The molecule has 0 radical (unpaired) electrons. The van der Waals surface area contributed by atoms with Gasteiger partial charge in [-0.15, -0.1) is 0 Å². The van der Waals surface area contributed by atoms with E-state index in [0.29, 0.717) is 12.8 Å². The minimum absolute atomic E-state index is 0.0805. The molecule has 0 aromatic rings. The number of amides is 2. The number of rotatable bonds is 4. The number of likely N-dealkylation sites (N-methyl/N-ethyl adjacent to an activating group) is 1. The maximum Gasteiger partial charge on any atom is 0.247 e. The van der Waals surface area contributed by atoms with Gasteiger partial charge in [0.15, 0.2) is 0 Å². The lowest BCUT2D eigenvalue weighted by molar-refractivity contribution is -0.140. The minimum atomic E-state index is -0.939. The fraction of sp³-hybridized carbons (Fsp3) is 0.857. The molecule has 1 saturated carbocycles. The number of carbonyl (C=O) groups is 2. The summed E-state index contributed by atoms with van der Waals surface area (Å²) in [6.07, 6.45) is 4.46. The highest BCUT2D eigenvalue weighted by Gasteiger charge is 2.35. The molecule has 5 nitrogen and oxygen atoms in total. The molecule has 0 bridgehead atoms. The molecule has 0 heterocycles. The molecule has 2 amide bonds. The molecule has 1 rings (SSSR count). The van der Waals surface area contributed by atoms with E-state index in [4.69, 9.17) is 0 Å². The first kappa shape index (κ1) is 16.0. The fourth-order valence-corrected chi connectivity index (χ4v) is 2.69. The molecule has 0 saturated heterocycles. The number of aliphatic hydroxyl groups is 1. The smallest absolute Gasteiger partial charge is 0.247 e. The van der Waals surface area contributed by atoms with Crippen molar-refractivity contribution in [3.05, 3.63) is 0 Å². The maximum atomic E-state index is 12.0. The molecule has 19 heavy (non-hydrogen) atoms. The molecule has 0 atom stereocenters. The van der Waals surface area contributed by atoms with Gasteiger partial charge < -0.3 is 15.3 Å². The van der Waals surface area contributed by atoms with Crippen molar-refractivity contribution >= 4 is 11.8 Å². The lowest BCUT2D eigenvalue weighted by atomic mass is 9.82. The topological polar surface area (TPSA) is 69.6 Å². The molecule has 1 aliphatic carbocycles. The third-order valence-corrected chi connectivity index (χ3v) is 3.67. The highest BCUT2D eigenvalue weighted by atomic mass is 16.3. The van der Waals surface area contributed by atoms with Crippen molar-refractivity contribution in [1.82, 2.24) is 10.2 Å². The lowest BCUT2D eigenvalue weighted by Crippen LogP contribution is -2.55. The van der Waals surface area contributed by atoms with Gasteiger partial charge in [-0.05, 0) is 26.7 Å². The van der Waals surface area contributed by atoms with Gasteiger partial charge in [0.2, 0.25) is 11.8 Å². The van der Waals surface area contributed by atoms with E-state index in [9.17, 15) is 14.7 Å². The van der Waals surface area contributed by atoms with Crippen LogP contribution in [0.25, 0.3) is 0 Å². The monoisotopic (exact) mass is 270 g/mol. The molecule has 0 aromatic heterocycles. The van der Waals surface area contributed by atoms with Crippen LogP contribution < -0.4 is 5.32 Å². The first-order valence-electron chi connectivity index (χ1n) is 6.91. The molecule has 2 N–H and O–H groups in total. The van der Waals surface area contributed by atoms with Crippen molar-refractivity contribution in [3.8, 4) is 0 Å². The van der Waals surface area contributed by atoms with E-state index < -0.39 is 11.1 Å². The first-order valence-corrected chi connectivity index (χ1v) is 6.91. The van der Waals surface area contributed by atoms with E-state index in [2.05, 4.69) is 5.32 Å². The minimum Gasteiger partial charge on any atom is -0.389 e. The lowest BCUT2D eigenvalue weighted by Gasteiger charge is -2.33. The van der Waals surface area contributed by atoms with Gasteiger partial charge in [0.1, 0.15) is 5.54 Å². The Morgan fingerprint density at radius 2 is 1.74 bits per heavy atom. The van der Waals surface area contributed by atoms with Crippen molar-refractivity contribution in [3.63, 3.8) is 0 Å². The third kappa shape index (κ3) is 4.49. The first-order chi connectivity index (χ1) is 8.66. The van der Waals surface area contributed by atoms with Gasteiger partial charge in [-0.25, -0.2) is 0 Å². The number of hydrogen-bond donors (Lipinski definition) is 2. The van der Waals surface area contributed by atoms with Gasteiger partial charge in [0.25, 0.3) is 0 Å². The summed E-state index contributed by atoms with van der Waals surface area (Å²) in [5.74, 6) is -0.416. The Balaban J connectivity index is 2.57. The van der Waals surface area contributed by atoms with E-state index in [1.807, 2.05) is 0 Å².